The third kappa shape index (κ3) is 5.21. The van der Waals surface area contributed by atoms with Crippen LogP contribution in [0.2, 0.25) is 0 Å². The Bertz CT molecular complexity index is 1430. The van der Waals surface area contributed by atoms with Gasteiger partial charge in [-0.15, -0.1) is 11.3 Å². The van der Waals surface area contributed by atoms with Crippen molar-refractivity contribution in [3.05, 3.63) is 70.5 Å². The van der Waals surface area contributed by atoms with E-state index in [9.17, 15) is 30.4 Å². The van der Waals surface area contributed by atoms with Crippen LogP contribution in [-0.4, -0.2) is 37.6 Å². The molecule has 38 heavy (non-hydrogen) atoms. The van der Waals surface area contributed by atoms with Gasteiger partial charge in [0.25, 0.3) is 10.0 Å². The molecule has 2 aromatic carbocycles. The summed E-state index contributed by atoms with van der Waals surface area (Å²) in [6.45, 7) is 0.0393. The van der Waals surface area contributed by atoms with Gasteiger partial charge < -0.3 is 4.74 Å². The summed E-state index contributed by atoms with van der Waals surface area (Å²) in [5.41, 5.74) is 0.429. The normalized spacial score (nSPS) is 22.5. The molecule has 0 radical (unpaired) electrons. The summed E-state index contributed by atoms with van der Waals surface area (Å²) < 4.78 is 117. The molecule has 0 spiro atoms. The first-order valence-corrected chi connectivity index (χ1v) is 14.0. The summed E-state index contributed by atoms with van der Waals surface area (Å²) >= 11 is 1.01. The van der Waals surface area contributed by atoms with E-state index in [1.165, 1.54) is 12.3 Å². The Kier molecular flexibility index (Phi) is 7.07. The van der Waals surface area contributed by atoms with Gasteiger partial charge in [-0.05, 0) is 43.1 Å². The van der Waals surface area contributed by atoms with E-state index in [4.69, 9.17) is 4.74 Å². The van der Waals surface area contributed by atoms with Gasteiger partial charge >= 0.3 is 6.18 Å². The van der Waals surface area contributed by atoms with E-state index in [-0.39, 0.29) is 48.0 Å². The molecule has 1 aromatic heterocycles. The fourth-order valence-electron chi connectivity index (χ4n) is 5.07. The zero-order valence-electron chi connectivity index (χ0n) is 19.5. The number of nitrogens with zero attached hydrogens (tertiary/aromatic N) is 2. The molecule has 5 rings (SSSR count). The minimum absolute atomic E-state index is 0.0443. The van der Waals surface area contributed by atoms with Crippen LogP contribution in [0.5, 0.6) is 5.75 Å². The van der Waals surface area contributed by atoms with Gasteiger partial charge in [-0.2, -0.15) is 13.2 Å². The highest BCUT2D eigenvalue weighted by Gasteiger charge is 2.47. The monoisotopic (exact) mass is 577 g/mol. The van der Waals surface area contributed by atoms with Crippen LogP contribution in [0.15, 0.2) is 46.8 Å². The maximum Gasteiger partial charge on any atom is 0.391 e. The number of hydrogen-bond donors (Lipinski definition) is 1. The minimum atomic E-state index is -4.48. The van der Waals surface area contributed by atoms with Gasteiger partial charge in [-0.1, -0.05) is 6.07 Å². The summed E-state index contributed by atoms with van der Waals surface area (Å²) in [6, 6.07) is 3.45. The van der Waals surface area contributed by atoms with Crippen LogP contribution < -0.4 is 9.46 Å². The van der Waals surface area contributed by atoms with Crippen LogP contribution in [0.25, 0.3) is 0 Å². The van der Waals surface area contributed by atoms with Gasteiger partial charge in [0.2, 0.25) is 0 Å². The third-order valence-electron chi connectivity index (χ3n) is 6.85. The second kappa shape index (κ2) is 10.0. The van der Waals surface area contributed by atoms with Crippen molar-refractivity contribution in [3.8, 4) is 5.75 Å². The number of aromatic nitrogens is 1. The molecule has 0 amide bonds. The minimum Gasteiger partial charge on any atom is -0.493 e. The fourth-order valence-corrected chi connectivity index (χ4v) is 6.93. The molecule has 0 saturated carbocycles. The average molecular weight is 578 g/mol. The smallest absolute Gasteiger partial charge is 0.391 e. The number of sulfonamides is 1. The maximum atomic E-state index is 15.2. The lowest BCUT2D eigenvalue weighted by molar-refractivity contribution is -0.192. The zero-order valence-corrected chi connectivity index (χ0v) is 21.1. The lowest BCUT2D eigenvalue weighted by Gasteiger charge is -2.46. The maximum absolute atomic E-state index is 15.2. The molecule has 1 unspecified atom stereocenters. The van der Waals surface area contributed by atoms with Crippen molar-refractivity contribution < 1.29 is 39.5 Å². The molecular formula is C24H21F6N3O3S2. The highest BCUT2D eigenvalue weighted by Crippen LogP contribution is 2.48. The van der Waals surface area contributed by atoms with Gasteiger partial charge in [-0.3, -0.25) is 9.62 Å². The molecule has 204 valence electrons. The molecule has 0 aliphatic carbocycles. The molecular weight excluding hydrogens is 556 g/mol. The number of fused-ring (bicyclic) bond motifs is 1. The Morgan fingerprint density at radius 1 is 1.03 bits per heavy atom. The topological polar surface area (TPSA) is 71.5 Å². The van der Waals surface area contributed by atoms with Gasteiger partial charge in [0.15, 0.2) is 16.8 Å². The number of likely N-dealkylation sites (tertiary alicyclic amines) is 1. The van der Waals surface area contributed by atoms with E-state index in [1.807, 2.05) is 0 Å². The van der Waals surface area contributed by atoms with Crippen LogP contribution in [-0.2, 0) is 10.0 Å². The van der Waals surface area contributed by atoms with Crippen LogP contribution in [0.4, 0.5) is 31.5 Å². The van der Waals surface area contributed by atoms with Crippen molar-refractivity contribution in [2.75, 3.05) is 17.9 Å². The van der Waals surface area contributed by atoms with Crippen molar-refractivity contribution >= 4 is 26.5 Å². The van der Waals surface area contributed by atoms with E-state index in [1.54, 1.807) is 10.3 Å². The second-order valence-electron chi connectivity index (χ2n) is 9.11. The fraction of sp³-hybridized carbons (Fsp3) is 0.375. The molecule has 2 aliphatic rings. The Labute approximate surface area is 218 Å². The standard InChI is InChI=1S/C24H21F6N3O3S2/c25-16-2-1-13(9-17(16)26)20-10-14(24(28,29)30)3-6-33(20)19-4-7-36-21-12-22(18(27)11-15(19)21)38(34,35)32-23-31-5-8-37-23/h1-2,5,8-9,11-12,14,19-20H,3-4,6-7,10H2,(H,31,32)/t14?,19-,20-/m0/s1. The molecule has 1 fully saturated rings. The Hall–Kier alpha value is -2.84. The zero-order chi connectivity index (χ0) is 27.2. The van der Waals surface area contributed by atoms with E-state index in [2.05, 4.69) is 9.71 Å². The predicted octanol–water partition coefficient (Wildman–Crippen LogP) is 6.20. The largest absolute Gasteiger partial charge is 0.493 e. The van der Waals surface area contributed by atoms with Crippen molar-refractivity contribution in [2.45, 2.75) is 42.4 Å². The molecule has 1 saturated heterocycles. The molecule has 3 aromatic rings. The average Bonchev–Trinajstić information content (AvgIpc) is 3.36. The highest BCUT2D eigenvalue weighted by atomic mass is 32.2. The Morgan fingerprint density at radius 3 is 2.50 bits per heavy atom. The molecule has 1 N–H and O–H groups in total. The van der Waals surface area contributed by atoms with Gasteiger partial charge in [0, 0.05) is 41.7 Å². The van der Waals surface area contributed by atoms with E-state index < -0.39 is 63.0 Å². The van der Waals surface area contributed by atoms with Gasteiger partial charge in [-0.25, -0.2) is 26.6 Å². The van der Waals surface area contributed by atoms with Crippen molar-refractivity contribution in [1.82, 2.24) is 9.88 Å². The van der Waals surface area contributed by atoms with Crippen molar-refractivity contribution in [2.24, 2.45) is 5.92 Å². The predicted molar refractivity (Wildman–Crippen MR) is 127 cm³/mol. The first kappa shape index (κ1) is 26.8. The number of halogens is 6. The number of piperidine rings is 1. The third-order valence-corrected chi connectivity index (χ3v) is 9.02. The van der Waals surface area contributed by atoms with E-state index in [0.717, 1.165) is 35.6 Å². The molecule has 3 atom stereocenters. The number of ether oxygens (including phenoxy) is 1. The van der Waals surface area contributed by atoms with E-state index >= 15 is 4.39 Å². The first-order valence-electron chi connectivity index (χ1n) is 11.6. The number of benzene rings is 2. The van der Waals surface area contributed by atoms with Crippen molar-refractivity contribution in [3.63, 3.8) is 0 Å². The van der Waals surface area contributed by atoms with Gasteiger partial charge in [0.05, 0.1) is 12.5 Å². The number of thiazole rings is 1. The summed E-state index contributed by atoms with van der Waals surface area (Å²) in [4.78, 5) is 4.87. The van der Waals surface area contributed by atoms with Crippen molar-refractivity contribution in [1.29, 1.82) is 0 Å². The van der Waals surface area contributed by atoms with Crippen LogP contribution in [0.1, 0.15) is 42.5 Å². The van der Waals surface area contributed by atoms with E-state index in [0.29, 0.717) is 0 Å². The number of hydrogen-bond acceptors (Lipinski definition) is 6. The lowest BCUT2D eigenvalue weighted by Crippen LogP contribution is -2.44. The molecule has 2 aliphatic heterocycles. The highest BCUT2D eigenvalue weighted by molar-refractivity contribution is 7.93. The Morgan fingerprint density at radius 2 is 1.82 bits per heavy atom. The molecule has 3 heterocycles. The molecule has 0 bridgehead atoms. The summed E-state index contributed by atoms with van der Waals surface area (Å²) in [5, 5.41) is 1.59. The number of anilines is 1. The SMILES string of the molecule is O=S(=O)(Nc1nccs1)c1cc2c(cc1F)[C@@H](N1CCC(C(F)(F)F)C[C@H]1c1ccc(F)c(F)c1)CCO2. The summed E-state index contributed by atoms with van der Waals surface area (Å²) in [5.74, 6) is -4.96. The molecule has 14 heteroatoms. The lowest BCUT2D eigenvalue weighted by atomic mass is 9.84. The van der Waals surface area contributed by atoms with Crippen LogP contribution in [0.3, 0.4) is 0 Å². The van der Waals surface area contributed by atoms with Gasteiger partial charge in [0.1, 0.15) is 16.5 Å². The second-order valence-corrected chi connectivity index (χ2v) is 11.7. The summed E-state index contributed by atoms with van der Waals surface area (Å²) in [6.07, 6.45) is -3.45. The van der Waals surface area contributed by atoms with Crippen LogP contribution in [0, 0.1) is 23.4 Å². The molecule has 6 nitrogen and oxygen atoms in total. The quantitative estimate of drug-likeness (QED) is 0.366. The summed E-state index contributed by atoms with van der Waals surface area (Å²) in [7, 11) is -4.35. The Balaban J connectivity index is 1.51. The number of rotatable bonds is 5. The first-order chi connectivity index (χ1) is 17.9. The van der Waals surface area contributed by atoms with Crippen LogP contribution >= 0.6 is 11.3 Å². The number of nitrogens with one attached hydrogen (secondary N) is 1. The number of alkyl halides is 3.